The van der Waals surface area contributed by atoms with Crippen LogP contribution in [-0.4, -0.2) is 42.9 Å². The molecule has 1 saturated heterocycles. The number of benzene rings is 1. The van der Waals surface area contributed by atoms with Crippen LogP contribution < -0.4 is 0 Å². The molecular weight excluding hydrogens is 311 g/mol. The van der Waals surface area contributed by atoms with Crippen molar-refractivity contribution in [2.75, 3.05) is 13.1 Å². The van der Waals surface area contributed by atoms with E-state index in [4.69, 9.17) is 4.52 Å². The number of nitrogens with zero attached hydrogens (tertiary/aromatic N) is 6. The van der Waals surface area contributed by atoms with Crippen molar-refractivity contribution in [3.63, 3.8) is 0 Å². The molecule has 1 atom stereocenters. The quantitative estimate of drug-likeness (QED) is 0.732. The summed E-state index contributed by atoms with van der Waals surface area (Å²) in [7, 11) is 0. The Labute approximate surface area is 138 Å². The molecule has 3 heterocycles. The summed E-state index contributed by atoms with van der Waals surface area (Å²) in [4.78, 5) is 10.7. The van der Waals surface area contributed by atoms with Gasteiger partial charge in [0.05, 0.1) is 12.6 Å². The molecule has 0 spiro atoms. The molecule has 0 aliphatic carbocycles. The van der Waals surface area contributed by atoms with Crippen molar-refractivity contribution in [2.24, 2.45) is 0 Å². The van der Waals surface area contributed by atoms with E-state index < -0.39 is 0 Å². The number of piperidine rings is 1. The van der Waals surface area contributed by atoms with Crippen molar-refractivity contribution >= 4 is 0 Å². The van der Waals surface area contributed by atoms with Gasteiger partial charge in [0.25, 0.3) is 0 Å². The standard InChI is InChI=1S/C16H17FN6O/c17-13-5-3-12(4-6-13)16-20-15(24-21-16)9-22-7-1-2-14(8-22)23-11-18-10-19-23/h3-6,10-11,14H,1-2,7-9H2. The smallest absolute Gasteiger partial charge is 0.241 e. The molecule has 1 unspecified atom stereocenters. The molecule has 24 heavy (non-hydrogen) atoms. The SMILES string of the molecule is Fc1ccc(-c2noc(CN3CCCC(n4cncn4)C3)n2)cc1. The van der Waals surface area contributed by atoms with Gasteiger partial charge in [-0.2, -0.15) is 10.1 Å². The van der Waals surface area contributed by atoms with Crippen LogP contribution in [0.3, 0.4) is 0 Å². The molecule has 1 aliphatic heterocycles. The Morgan fingerprint density at radius 1 is 1.25 bits per heavy atom. The zero-order valence-electron chi connectivity index (χ0n) is 13.0. The summed E-state index contributed by atoms with van der Waals surface area (Å²) < 4.78 is 20.2. The van der Waals surface area contributed by atoms with Crippen molar-refractivity contribution in [1.29, 1.82) is 0 Å². The molecule has 8 heteroatoms. The number of hydrogen-bond acceptors (Lipinski definition) is 6. The highest BCUT2D eigenvalue weighted by Gasteiger charge is 2.23. The van der Waals surface area contributed by atoms with Gasteiger partial charge < -0.3 is 4.52 Å². The summed E-state index contributed by atoms with van der Waals surface area (Å²) in [6.45, 7) is 2.45. The molecule has 1 fully saturated rings. The second-order valence-electron chi connectivity index (χ2n) is 5.93. The molecule has 0 amide bonds. The van der Waals surface area contributed by atoms with Gasteiger partial charge in [0.2, 0.25) is 11.7 Å². The molecule has 3 aromatic rings. The maximum Gasteiger partial charge on any atom is 0.241 e. The van der Waals surface area contributed by atoms with E-state index in [2.05, 4.69) is 25.1 Å². The van der Waals surface area contributed by atoms with Gasteiger partial charge in [0, 0.05) is 12.1 Å². The number of halogens is 1. The third-order valence-electron chi connectivity index (χ3n) is 4.22. The summed E-state index contributed by atoms with van der Waals surface area (Å²) in [5, 5.41) is 8.22. The van der Waals surface area contributed by atoms with Crippen LogP contribution in [0.15, 0.2) is 41.4 Å². The molecule has 4 rings (SSSR count). The molecule has 0 bridgehead atoms. The van der Waals surface area contributed by atoms with Crippen molar-refractivity contribution in [3.05, 3.63) is 48.6 Å². The van der Waals surface area contributed by atoms with Crippen molar-refractivity contribution in [2.45, 2.75) is 25.4 Å². The Morgan fingerprint density at radius 3 is 2.92 bits per heavy atom. The molecule has 0 radical (unpaired) electrons. The van der Waals surface area contributed by atoms with Gasteiger partial charge in [-0.1, -0.05) is 5.16 Å². The molecule has 1 aromatic carbocycles. The summed E-state index contributed by atoms with van der Waals surface area (Å²) in [6.07, 6.45) is 5.49. The van der Waals surface area contributed by atoms with Gasteiger partial charge in [-0.15, -0.1) is 0 Å². The van der Waals surface area contributed by atoms with Crippen LogP contribution in [0.1, 0.15) is 24.8 Å². The molecular formula is C16H17FN6O. The number of likely N-dealkylation sites (tertiary alicyclic amines) is 1. The van der Waals surface area contributed by atoms with E-state index in [9.17, 15) is 4.39 Å². The monoisotopic (exact) mass is 328 g/mol. The van der Waals surface area contributed by atoms with Crippen LogP contribution in [-0.2, 0) is 6.54 Å². The molecule has 0 N–H and O–H groups in total. The van der Waals surface area contributed by atoms with Crippen LogP contribution in [0.5, 0.6) is 0 Å². The maximum atomic E-state index is 13.0. The number of hydrogen-bond donors (Lipinski definition) is 0. The van der Waals surface area contributed by atoms with Crippen LogP contribution in [0.2, 0.25) is 0 Å². The fourth-order valence-corrected chi connectivity index (χ4v) is 3.02. The average Bonchev–Trinajstić information content (AvgIpc) is 3.28. The summed E-state index contributed by atoms with van der Waals surface area (Å²) in [5.41, 5.74) is 0.741. The van der Waals surface area contributed by atoms with E-state index in [1.165, 1.54) is 12.1 Å². The predicted molar refractivity (Wildman–Crippen MR) is 83.3 cm³/mol. The lowest BCUT2D eigenvalue weighted by Gasteiger charge is -2.31. The van der Waals surface area contributed by atoms with Crippen LogP contribution in [0.4, 0.5) is 4.39 Å². The summed E-state index contributed by atoms with van der Waals surface area (Å²) in [5.74, 6) is 0.762. The van der Waals surface area contributed by atoms with Crippen LogP contribution >= 0.6 is 0 Å². The molecule has 124 valence electrons. The van der Waals surface area contributed by atoms with E-state index in [0.29, 0.717) is 24.3 Å². The van der Waals surface area contributed by atoms with Gasteiger partial charge in [0.1, 0.15) is 18.5 Å². The first kappa shape index (κ1) is 14.9. The second-order valence-corrected chi connectivity index (χ2v) is 5.93. The first-order chi connectivity index (χ1) is 11.8. The Morgan fingerprint density at radius 2 is 2.12 bits per heavy atom. The fraction of sp³-hybridized carbons (Fsp3) is 0.375. The summed E-state index contributed by atoms with van der Waals surface area (Å²) in [6, 6.07) is 6.38. The summed E-state index contributed by atoms with van der Waals surface area (Å²) >= 11 is 0. The topological polar surface area (TPSA) is 72.9 Å². The third kappa shape index (κ3) is 3.18. The lowest BCUT2D eigenvalue weighted by Crippen LogP contribution is -2.36. The van der Waals surface area contributed by atoms with Crippen LogP contribution in [0, 0.1) is 5.82 Å². The van der Waals surface area contributed by atoms with Gasteiger partial charge in [-0.25, -0.2) is 14.1 Å². The second kappa shape index (κ2) is 6.48. The van der Waals surface area contributed by atoms with Crippen molar-refractivity contribution in [1.82, 2.24) is 29.8 Å². The Bertz CT molecular complexity index is 785. The normalized spacial score (nSPS) is 18.8. The highest BCUT2D eigenvalue weighted by atomic mass is 19.1. The fourth-order valence-electron chi connectivity index (χ4n) is 3.02. The van der Waals surface area contributed by atoms with Crippen molar-refractivity contribution < 1.29 is 8.91 Å². The zero-order chi connectivity index (χ0) is 16.4. The molecule has 0 saturated carbocycles. The molecule has 7 nitrogen and oxygen atoms in total. The lowest BCUT2D eigenvalue weighted by molar-refractivity contribution is 0.146. The van der Waals surface area contributed by atoms with E-state index in [1.54, 1.807) is 24.8 Å². The minimum Gasteiger partial charge on any atom is -0.338 e. The van der Waals surface area contributed by atoms with Gasteiger partial charge in [0.15, 0.2) is 0 Å². The predicted octanol–water partition coefficient (Wildman–Crippen LogP) is 2.30. The molecule has 2 aromatic heterocycles. The average molecular weight is 328 g/mol. The van der Waals surface area contributed by atoms with Gasteiger partial charge >= 0.3 is 0 Å². The third-order valence-corrected chi connectivity index (χ3v) is 4.22. The van der Waals surface area contributed by atoms with E-state index >= 15 is 0 Å². The zero-order valence-corrected chi connectivity index (χ0v) is 13.0. The highest BCUT2D eigenvalue weighted by molar-refractivity contribution is 5.53. The number of aromatic nitrogens is 5. The van der Waals surface area contributed by atoms with Gasteiger partial charge in [-0.05, 0) is 43.7 Å². The van der Waals surface area contributed by atoms with E-state index in [0.717, 1.165) is 31.5 Å². The van der Waals surface area contributed by atoms with Crippen molar-refractivity contribution in [3.8, 4) is 11.4 Å². The van der Waals surface area contributed by atoms with Gasteiger partial charge in [-0.3, -0.25) is 4.90 Å². The maximum absolute atomic E-state index is 13.0. The lowest BCUT2D eigenvalue weighted by atomic mass is 10.1. The Balaban J connectivity index is 1.43. The highest BCUT2D eigenvalue weighted by Crippen LogP contribution is 2.22. The largest absolute Gasteiger partial charge is 0.338 e. The minimum atomic E-state index is -0.282. The van der Waals surface area contributed by atoms with Crippen LogP contribution in [0.25, 0.3) is 11.4 Å². The minimum absolute atomic E-state index is 0.282. The number of rotatable bonds is 4. The van der Waals surface area contributed by atoms with E-state index in [-0.39, 0.29) is 5.82 Å². The Kier molecular flexibility index (Phi) is 4.04. The first-order valence-electron chi connectivity index (χ1n) is 7.93. The first-order valence-corrected chi connectivity index (χ1v) is 7.93. The Hall–Kier alpha value is -2.61. The molecule has 1 aliphatic rings. The van der Waals surface area contributed by atoms with E-state index in [1.807, 2.05) is 4.68 Å².